The van der Waals surface area contributed by atoms with E-state index < -0.39 is 6.48 Å². The average Bonchev–Trinajstić information content (AvgIpc) is 1.83. The zero-order valence-electron chi connectivity index (χ0n) is 7.59. The molecule has 11 heavy (non-hydrogen) atoms. The Hall–Kier alpha value is -0.120. The van der Waals surface area contributed by atoms with Crippen LogP contribution in [0.4, 0.5) is 0 Å². The molecule has 0 aliphatic carbocycles. The fraction of sp³-hybridized carbons (Fsp3) is 1.00. The van der Waals surface area contributed by atoms with E-state index in [1.54, 1.807) is 7.11 Å². The molecule has 0 aromatic rings. The predicted octanol–water partition coefficient (Wildman–Crippen LogP) is 1.52. The summed E-state index contributed by atoms with van der Waals surface area (Å²) in [6.07, 6.45) is 1.12. The van der Waals surface area contributed by atoms with Gasteiger partial charge in [0, 0.05) is 13.5 Å². The summed E-state index contributed by atoms with van der Waals surface area (Å²) in [4.78, 5) is 0. The van der Waals surface area contributed by atoms with Gasteiger partial charge < -0.3 is 14.2 Å². The van der Waals surface area contributed by atoms with E-state index >= 15 is 0 Å². The summed E-state index contributed by atoms with van der Waals surface area (Å²) < 4.78 is 15.7. The van der Waals surface area contributed by atoms with E-state index in [1.165, 1.54) is 0 Å². The monoisotopic (exact) mass is 160 g/mol. The predicted molar refractivity (Wildman–Crippen MR) is 41.1 cm³/mol. The average molecular weight is 160 g/mol. The van der Waals surface area contributed by atoms with Gasteiger partial charge in [0.15, 0.2) is 0 Å². The van der Waals surface area contributed by atoms with Crippen molar-refractivity contribution in [1.82, 2.24) is 0 Å². The Morgan fingerprint density at radius 3 is 2.55 bits per heavy atom. The van der Waals surface area contributed by atoms with Gasteiger partial charge in [0.2, 0.25) is 0 Å². The molecule has 1 aliphatic heterocycles. The Morgan fingerprint density at radius 1 is 1.45 bits per heavy atom. The van der Waals surface area contributed by atoms with E-state index in [0.717, 1.165) is 6.42 Å². The highest BCUT2D eigenvalue weighted by atomic mass is 16.9. The molecule has 3 nitrogen and oxygen atoms in total. The highest BCUT2D eigenvalue weighted by Crippen LogP contribution is 2.27. The summed E-state index contributed by atoms with van der Waals surface area (Å²) in [5, 5.41) is 0. The van der Waals surface area contributed by atoms with E-state index in [0.29, 0.717) is 0 Å². The third-order valence-corrected chi connectivity index (χ3v) is 1.73. The highest BCUT2D eigenvalue weighted by Gasteiger charge is 2.33. The van der Waals surface area contributed by atoms with E-state index in [9.17, 15) is 0 Å². The summed E-state index contributed by atoms with van der Waals surface area (Å²) in [6.45, 7) is 5.61. The van der Waals surface area contributed by atoms with E-state index in [1.807, 2.05) is 20.8 Å². The summed E-state index contributed by atoms with van der Waals surface area (Å²) in [5.41, 5.74) is -0.127. The molecule has 0 N–H and O–H groups in total. The first-order valence-electron chi connectivity index (χ1n) is 3.89. The maximum absolute atomic E-state index is 5.45. The van der Waals surface area contributed by atoms with Crippen molar-refractivity contribution in [2.24, 2.45) is 0 Å². The quantitative estimate of drug-likeness (QED) is 0.582. The van der Waals surface area contributed by atoms with Crippen molar-refractivity contribution in [3.8, 4) is 0 Å². The minimum atomic E-state index is -0.492. The standard InChI is InChI=1S/C8H16O3/c1-6-5-8(2,3)11-7(9-4)10-6/h6-7H,5H2,1-4H3/t6-,7+/m1/s1. The minimum Gasteiger partial charge on any atom is -0.333 e. The maximum atomic E-state index is 5.45. The van der Waals surface area contributed by atoms with Crippen molar-refractivity contribution in [3.05, 3.63) is 0 Å². The molecule has 0 aromatic heterocycles. The van der Waals surface area contributed by atoms with E-state index in [2.05, 4.69) is 0 Å². The fourth-order valence-electron chi connectivity index (χ4n) is 1.37. The van der Waals surface area contributed by atoms with Gasteiger partial charge >= 0.3 is 0 Å². The third-order valence-electron chi connectivity index (χ3n) is 1.73. The van der Waals surface area contributed by atoms with Gasteiger partial charge in [-0.25, -0.2) is 0 Å². The first-order chi connectivity index (χ1) is 5.03. The van der Waals surface area contributed by atoms with Crippen LogP contribution in [0.25, 0.3) is 0 Å². The van der Waals surface area contributed by atoms with Crippen LogP contribution >= 0.6 is 0 Å². The topological polar surface area (TPSA) is 27.7 Å². The van der Waals surface area contributed by atoms with Gasteiger partial charge in [0.05, 0.1) is 11.7 Å². The molecule has 1 saturated heterocycles. The minimum absolute atomic E-state index is 0.127. The smallest absolute Gasteiger partial charge is 0.272 e. The number of rotatable bonds is 1. The van der Waals surface area contributed by atoms with Crippen LogP contribution in [-0.4, -0.2) is 25.3 Å². The van der Waals surface area contributed by atoms with Gasteiger partial charge in [0.25, 0.3) is 6.48 Å². The van der Waals surface area contributed by atoms with Gasteiger partial charge in [-0.2, -0.15) is 0 Å². The summed E-state index contributed by atoms with van der Waals surface area (Å²) in [6, 6.07) is 0. The molecule has 0 amide bonds. The van der Waals surface area contributed by atoms with Crippen molar-refractivity contribution in [1.29, 1.82) is 0 Å². The van der Waals surface area contributed by atoms with Crippen molar-refractivity contribution in [2.45, 2.75) is 45.4 Å². The molecule has 1 rings (SSSR count). The Morgan fingerprint density at radius 2 is 2.09 bits per heavy atom. The van der Waals surface area contributed by atoms with Crippen molar-refractivity contribution < 1.29 is 14.2 Å². The maximum Gasteiger partial charge on any atom is 0.272 e. The molecule has 0 saturated carbocycles. The van der Waals surface area contributed by atoms with Crippen LogP contribution in [0, 0.1) is 0 Å². The first kappa shape index (κ1) is 8.97. The Balaban J connectivity index is 2.51. The van der Waals surface area contributed by atoms with Gasteiger partial charge in [0.1, 0.15) is 0 Å². The first-order valence-corrected chi connectivity index (χ1v) is 3.89. The number of hydrogen-bond donors (Lipinski definition) is 0. The van der Waals surface area contributed by atoms with Gasteiger partial charge in [-0.1, -0.05) is 0 Å². The number of ether oxygens (including phenoxy) is 3. The zero-order valence-corrected chi connectivity index (χ0v) is 7.59. The van der Waals surface area contributed by atoms with Crippen LogP contribution in [0.1, 0.15) is 27.2 Å². The molecule has 0 radical (unpaired) electrons. The second kappa shape index (κ2) is 3.09. The summed E-state index contributed by atoms with van der Waals surface area (Å²) >= 11 is 0. The Kier molecular flexibility index (Phi) is 2.52. The van der Waals surface area contributed by atoms with Gasteiger partial charge in [-0.15, -0.1) is 0 Å². The number of methoxy groups -OCH3 is 1. The lowest BCUT2D eigenvalue weighted by Gasteiger charge is -2.38. The largest absolute Gasteiger partial charge is 0.333 e. The lowest BCUT2D eigenvalue weighted by Crippen LogP contribution is -2.43. The zero-order chi connectivity index (χ0) is 8.48. The molecular weight excluding hydrogens is 144 g/mol. The normalized spacial score (nSPS) is 37.1. The molecular formula is C8H16O3. The van der Waals surface area contributed by atoms with Crippen LogP contribution in [-0.2, 0) is 14.2 Å². The Labute approximate surface area is 67.6 Å². The van der Waals surface area contributed by atoms with Crippen LogP contribution in [0.15, 0.2) is 0 Å². The summed E-state index contributed by atoms with van der Waals surface area (Å²) in [5.74, 6) is 0. The lowest BCUT2D eigenvalue weighted by molar-refractivity contribution is -0.360. The van der Waals surface area contributed by atoms with Gasteiger partial charge in [-0.05, 0) is 20.8 Å². The van der Waals surface area contributed by atoms with Gasteiger partial charge in [-0.3, -0.25) is 0 Å². The summed E-state index contributed by atoms with van der Waals surface area (Å²) in [7, 11) is 1.58. The molecule has 0 bridgehead atoms. The molecule has 1 fully saturated rings. The van der Waals surface area contributed by atoms with Crippen LogP contribution in [0.5, 0.6) is 0 Å². The highest BCUT2D eigenvalue weighted by molar-refractivity contribution is 4.75. The van der Waals surface area contributed by atoms with Crippen LogP contribution in [0.2, 0.25) is 0 Å². The fourth-order valence-corrected chi connectivity index (χ4v) is 1.37. The molecule has 0 unspecified atom stereocenters. The molecule has 3 heteroatoms. The van der Waals surface area contributed by atoms with Crippen molar-refractivity contribution >= 4 is 0 Å². The van der Waals surface area contributed by atoms with Crippen molar-refractivity contribution in [3.63, 3.8) is 0 Å². The van der Waals surface area contributed by atoms with Crippen molar-refractivity contribution in [2.75, 3.05) is 7.11 Å². The molecule has 66 valence electrons. The number of hydrogen-bond acceptors (Lipinski definition) is 3. The molecule has 0 aromatic carbocycles. The van der Waals surface area contributed by atoms with Crippen LogP contribution in [0.3, 0.4) is 0 Å². The second-order valence-corrected chi connectivity index (χ2v) is 3.55. The lowest BCUT2D eigenvalue weighted by atomic mass is 10.0. The molecule has 1 heterocycles. The molecule has 2 atom stereocenters. The molecule has 0 spiro atoms. The van der Waals surface area contributed by atoms with E-state index in [-0.39, 0.29) is 11.7 Å². The second-order valence-electron chi connectivity index (χ2n) is 3.55. The van der Waals surface area contributed by atoms with Crippen LogP contribution < -0.4 is 0 Å². The SMILES string of the molecule is CO[C@H]1O[C@H](C)CC(C)(C)O1. The van der Waals surface area contributed by atoms with E-state index in [4.69, 9.17) is 14.2 Å². The Bertz CT molecular complexity index is 133. The third kappa shape index (κ3) is 2.43. The molecule has 1 aliphatic rings.